The first-order valence-corrected chi connectivity index (χ1v) is 6.29. The van der Waals surface area contributed by atoms with Gasteiger partial charge in [0.2, 0.25) is 0 Å². The van der Waals surface area contributed by atoms with Gasteiger partial charge in [0.15, 0.2) is 5.65 Å². The fourth-order valence-corrected chi connectivity index (χ4v) is 2.59. The maximum atomic E-state index is 4.60. The van der Waals surface area contributed by atoms with E-state index in [9.17, 15) is 0 Å². The van der Waals surface area contributed by atoms with Gasteiger partial charge in [-0.1, -0.05) is 6.92 Å². The highest BCUT2D eigenvalue weighted by Crippen LogP contribution is 2.28. The van der Waals surface area contributed by atoms with E-state index in [1.807, 2.05) is 6.20 Å². The quantitative estimate of drug-likeness (QED) is 0.790. The number of rotatable bonds is 1. The molecule has 0 aliphatic carbocycles. The van der Waals surface area contributed by atoms with E-state index in [4.69, 9.17) is 0 Å². The Hall–Kier alpha value is -1.42. The second-order valence-corrected chi connectivity index (χ2v) is 5.06. The SMILES string of the molecule is Cc1cnc2nc(C3NCCCC3C)[nH]c2c1. The monoisotopic (exact) mass is 230 g/mol. The van der Waals surface area contributed by atoms with Crippen LogP contribution in [0.3, 0.4) is 0 Å². The molecule has 17 heavy (non-hydrogen) atoms. The van der Waals surface area contributed by atoms with Crippen molar-refractivity contribution < 1.29 is 0 Å². The van der Waals surface area contributed by atoms with Gasteiger partial charge in [-0.25, -0.2) is 9.97 Å². The highest BCUT2D eigenvalue weighted by atomic mass is 15.1. The zero-order valence-electron chi connectivity index (χ0n) is 10.3. The summed E-state index contributed by atoms with van der Waals surface area (Å²) in [6.45, 7) is 5.41. The molecule has 2 atom stereocenters. The van der Waals surface area contributed by atoms with Crippen molar-refractivity contribution in [1.82, 2.24) is 20.3 Å². The van der Waals surface area contributed by atoms with Crippen LogP contribution in [0, 0.1) is 12.8 Å². The van der Waals surface area contributed by atoms with Gasteiger partial charge in [0, 0.05) is 6.20 Å². The number of aryl methyl sites for hydroxylation is 1. The van der Waals surface area contributed by atoms with Crippen LogP contribution in [0.5, 0.6) is 0 Å². The van der Waals surface area contributed by atoms with E-state index in [0.29, 0.717) is 12.0 Å². The molecule has 1 aliphatic rings. The number of nitrogens with zero attached hydrogens (tertiary/aromatic N) is 2. The third-order valence-corrected chi connectivity index (χ3v) is 3.56. The van der Waals surface area contributed by atoms with Gasteiger partial charge in [-0.2, -0.15) is 0 Å². The molecule has 3 rings (SSSR count). The molecule has 90 valence electrons. The summed E-state index contributed by atoms with van der Waals surface area (Å²) in [6, 6.07) is 2.45. The number of aromatic nitrogens is 3. The predicted octanol–water partition coefficient (Wildman–Crippen LogP) is 2.33. The Labute approximate surface area is 101 Å². The van der Waals surface area contributed by atoms with Crippen LogP contribution >= 0.6 is 0 Å². The van der Waals surface area contributed by atoms with Crippen molar-refractivity contribution in [1.29, 1.82) is 0 Å². The maximum absolute atomic E-state index is 4.60. The first kappa shape index (κ1) is 10.7. The van der Waals surface area contributed by atoms with Crippen LogP contribution in [-0.4, -0.2) is 21.5 Å². The summed E-state index contributed by atoms with van der Waals surface area (Å²) in [6.07, 6.45) is 4.39. The summed E-state index contributed by atoms with van der Waals surface area (Å²) in [4.78, 5) is 12.4. The number of fused-ring (bicyclic) bond motifs is 1. The van der Waals surface area contributed by atoms with Crippen LogP contribution in [0.15, 0.2) is 12.3 Å². The molecule has 2 N–H and O–H groups in total. The molecule has 4 nitrogen and oxygen atoms in total. The predicted molar refractivity (Wildman–Crippen MR) is 67.8 cm³/mol. The molecule has 2 aromatic rings. The van der Waals surface area contributed by atoms with Crippen molar-refractivity contribution in [3.05, 3.63) is 23.7 Å². The third-order valence-electron chi connectivity index (χ3n) is 3.56. The molecule has 2 unspecified atom stereocenters. The lowest BCUT2D eigenvalue weighted by Gasteiger charge is -2.28. The third kappa shape index (κ3) is 1.93. The molecular formula is C13H18N4. The van der Waals surface area contributed by atoms with Crippen LogP contribution in [0.1, 0.15) is 37.2 Å². The average molecular weight is 230 g/mol. The Morgan fingerprint density at radius 1 is 1.41 bits per heavy atom. The summed E-state index contributed by atoms with van der Waals surface area (Å²) in [5.41, 5.74) is 3.03. The summed E-state index contributed by atoms with van der Waals surface area (Å²) in [5, 5.41) is 3.54. The summed E-state index contributed by atoms with van der Waals surface area (Å²) in [7, 11) is 0. The second kappa shape index (κ2) is 4.11. The molecule has 0 bridgehead atoms. The number of imidazole rings is 1. The molecule has 1 saturated heterocycles. The van der Waals surface area contributed by atoms with E-state index < -0.39 is 0 Å². The van der Waals surface area contributed by atoms with Crippen molar-refractivity contribution in [3.63, 3.8) is 0 Å². The van der Waals surface area contributed by atoms with Crippen LogP contribution in [0.25, 0.3) is 11.2 Å². The Morgan fingerprint density at radius 2 is 2.29 bits per heavy atom. The van der Waals surface area contributed by atoms with Gasteiger partial charge in [-0.05, 0) is 43.9 Å². The maximum Gasteiger partial charge on any atom is 0.177 e. The minimum Gasteiger partial charge on any atom is -0.339 e. The van der Waals surface area contributed by atoms with E-state index in [2.05, 4.69) is 40.2 Å². The van der Waals surface area contributed by atoms with Gasteiger partial charge in [-0.3, -0.25) is 0 Å². The average Bonchev–Trinajstić information content (AvgIpc) is 2.72. The lowest BCUT2D eigenvalue weighted by Crippen LogP contribution is -2.33. The lowest BCUT2D eigenvalue weighted by atomic mass is 9.92. The first-order valence-electron chi connectivity index (χ1n) is 6.29. The lowest BCUT2D eigenvalue weighted by molar-refractivity contribution is 0.296. The minimum absolute atomic E-state index is 0.346. The Kier molecular flexibility index (Phi) is 2.59. The first-order chi connectivity index (χ1) is 8.24. The van der Waals surface area contributed by atoms with Gasteiger partial charge in [-0.15, -0.1) is 0 Å². The van der Waals surface area contributed by atoms with Gasteiger partial charge in [0.25, 0.3) is 0 Å². The number of hydrogen-bond donors (Lipinski definition) is 2. The Morgan fingerprint density at radius 3 is 3.12 bits per heavy atom. The molecule has 0 saturated carbocycles. The van der Waals surface area contributed by atoms with E-state index >= 15 is 0 Å². The fourth-order valence-electron chi connectivity index (χ4n) is 2.59. The van der Waals surface area contributed by atoms with E-state index in [1.54, 1.807) is 0 Å². The van der Waals surface area contributed by atoms with Gasteiger partial charge < -0.3 is 10.3 Å². The van der Waals surface area contributed by atoms with Crippen molar-refractivity contribution in [2.24, 2.45) is 5.92 Å². The van der Waals surface area contributed by atoms with Crippen molar-refractivity contribution in [3.8, 4) is 0 Å². The normalized spacial score (nSPS) is 25.3. The smallest absolute Gasteiger partial charge is 0.177 e. The fraction of sp³-hybridized carbons (Fsp3) is 0.538. The minimum atomic E-state index is 0.346. The zero-order chi connectivity index (χ0) is 11.8. The highest BCUT2D eigenvalue weighted by molar-refractivity contribution is 5.71. The van der Waals surface area contributed by atoms with Crippen LogP contribution in [0.4, 0.5) is 0 Å². The Bertz CT molecular complexity index is 531. The summed E-state index contributed by atoms with van der Waals surface area (Å²) in [5.74, 6) is 1.66. The molecule has 4 heteroatoms. The molecule has 0 amide bonds. The van der Waals surface area contributed by atoms with E-state index in [0.717, 1.165) is 29.1 Å². The number of piperidine rings is 1. The molecular weight excluding hydrogens is 212 g/mol. The van der Waals surface area contributed by atoms with Crippen LogP contribution < -0.4 is 5.32 Å². The molecule has 0 radical (unpaired) electrons. The largest absolute Gasteiger partial charge is 0.339 e. The zero-order valence-corrected chi connectivity index (χ0v) is 10.3. The number of H-pyrrole nitrogens is 1. The van der Waals surface area contributed by atoms with Crippen LogP contribution in [-0.2, 0) is 0 Å². The Balaban J connectivity index is 1.99. The van der Waals surface area contributed by atoms with Crippen molar-refractivity contribution in [2.45, 2.75) is 32.7 Å². The van der Waals surface area contributed by atoms with E-state index in [1.165, 1.54) is 12.8 Å². The van der Waals surface area contributed by atoms with Crippen LogP contribution in [0.2, 0.25) is 0 Å². The molecule has 0 aromatic carbocycles. The molecule has 0 spiro atoms. The van der Waals surface area contributed by atoms with Gasteiger partial charge >= 0.3 is 0 Å². The number of hydrogen-bond acceptors (Lipinski definition) is 3. The highest BCUT2D eigenvalue weighted by Gasteiger charge is 2.25. The van der Waals surface area contributed by atoms with Crippen molar-refractivity contribution in [2.75, 3.05) is 6.54 Å². The number of pyridine rings is 1. The standard InChI is InChI=1S/C13H18N4/c1-8-6-10-12(15-7-8)17-13(16-10)11-9(2)4-3-5-14-11/h6-7,9,11,14H,3-5H2,1-2H3,(H,15,16,17). The second-order valence-electron chi connectivity index (χ2n) is 5.06. The summed E-state index contributed by atoms with van der Waals surface area (Å²) < 4.78 is 0. The number of aromatic amines is 1. The molecule has 2 aromatic heterocycles. The van der Waals surface area contributed by atoms with Gasteiger partial charge in [0.1, 0.15) is 5.82 Å². The molecule has 3 heterocycles. The molecule has 1 aliphatic heterocycles. The topological polar surface area (TPSA) is 53.6 Å². The summed E-state index contributed by atoms with van der Waals surface area (Å²) >= 11 is 0. The number of nitrogens with one attached hydrogen (secondary N) is 2. The van der Waals surface area contributed by atoms with Crippen molar-refractivity contribution >= 4 is 11.2 Å². The molecule has 1 fully saturated rings. The van der Waals surface area contributed by atoms with E-state index in [-0.39, 0.29) is 0 Å². The van der Waals surface area contributed by atoms with Gasteiger partial charge in [0.05, 0.1) is 11.6 Å².